The number of amides is 1. The Morgan fingerprint density at radius 2 is 1.76 bits per heavy atom. The van der Waals surface area contributed by atoms with E-state index in [9.17, 15) is 45.6 Å². The van der Waals surface area contributed by atoms with Crippen LogP contribution in [0, 0.1) is 17.1 Å². The van der Waals surface area contributed by atoms with Crippen LogP contribution in [0.3, 0.4) is 0 Å². The fourth-order valence-corrected chi connectivity index (χ4v) is 4.41. The van der Waals surface area contributed by atoms with Gasteiger partial charge in [0.2, 0.25) is 10.0 Å². The number of nitrogen functional groups attached to an aromatic ring is 1. The predicted molar refractivity (Wildman–Crippen MR) is 125 cm³/mol. The van der Waals surface area contributed by atoms with E-state index in [1.54, 1.807) is 0 Å². The van der Waals surface area contributed by atoms with Crippen molar-refractivity contribution in [2.24, 2.45) is 0 Å². The third kappa shape index (κ3) is 4.95. The maximum absolute atomic E-state index is 15.0. The molecule has 0 saturated heterocycles. The van der Waals surface area contributed by atoms with Gasteiger partial charge in [-0.25, -0.2) is 31.2 Å². The lowest BCUT2D eigenvalue weighted by Crippen LogP contribution is -2.45. The second-order valence-electron chi connectivity index (χ2n) is 7.48. The van der Waals surface area contributed by atoms with Crippen molar-refractivity contribution >= 4 is 21.6 Å². The number of hydrogen-bond acceptors (Lipinski definition) is 8. The van der Waals surface area contributed by atoms with Gasteiger partial charge in [-0.1, -0.05) is 0 Å². The fraction of sp³-hybridized carbons (Fsp3) is 0.182. The molecule has 0 radical (unpaired) electrons. The third-order valence-electron chi connectivity index (χ3n) is 5.24. The third-order valence-corrected chi connectivity index (χ3v) is 6.89. The molecule has 0 aliphatic carbocycles. The average Bonchev–Trinajstić information content (AvgIpc) is 2.86. The monoisotopic (exact) mass is 555 g/mol. The molecule has 3 aromatic rings. The number of anilines is 1. The minimum Gasteiger partial charge on any atom is -0.497 e. The molecule has 0 bridgehead atoms. The first-order chi connectivity index (χ1) is 17.7. The summed E-state index contributed by atoms with van der Waals surface area (Å²) in [5.74, 6) is 2.19. The Morgan fingerprint density at radius 3 is 2.26 bits per heavy atom. The van der Waals surface area contributed by atoms with Crippen LogP contribution in [0.25, 0.3) is 5.69 Å². The summed E-state index contributed by atoms with van der Waals surface area (Å²) < 4.78 is 85.0. The number of rotatable bonds is 6. The van der Waals surface area contributed by atoms with Gasteiger partial charge < -0.3 is 10.6 Å². The Morgan fingerprint density at radius 1 is 1.16 bits per heavy atom. The number of aromatic nitrogens is 2. The first-order valence-corrected chi connectivity index (χ1v) is 12.0. The van der Waals surface area contributed by atoms with Crippen LogP contribution in [0.1, 0.15) is 28.5 Å². The number of ether oxygens (including phenoxy) is 1. The normalized spacial score (nSPS) is 11.6. The van der Waals surface area contributed by atoms with Crippen molar-refractivity contribution in [2.75, 3.05) is 23.0 Å². The second-order valence-corrected chi connectivity index (χ2v) is 9.59. The summed E-state index contributed by atoms with van der Waals surface area (Å²) in [5.41, 5.74) is -8.03. The lowest BCUT2D eigenvalue weighted by atomic mass is 10.1. The van der Waals surface area contributed by atoms with Gasteiger partial charge in [0, 0.05) is 11.6 Å². The van der Waals surface area contributed by atoms with Crippen molar-refractivity contribution in [3.8, 4) is 17.5 Å². The maximum Gasteiger partial charge on any atom is 0.433 e. The van der Waals surface area contributed by atoms with Crippen LogP contribution < -0.4 is 26.1 Å². The highest BCUT2D eigenvalue weighted by Gasteiger charge is 2.37. The molecule has 1 heterocycles. The van der Waals surface area contributed by atoms with Crippen molar-refractivity contribution in [3.63, 3.8) is 0 Å². The Hall–Kier alpha value is -4.65. The minimum atomic E-state index is -5.21. The van der Waals surface area contributed by atoms with Crippen molar-refractivity contribution in [1.29, 1.82) is 5.26 Å². The number of alkyl halides is 3. The molecule has 0 atom stereocenters. The number of carbonyl (C=O) groups is 1. The molecule has 38 heavy (non-hydrogen) atoms. The lowest BCUT2D eigenvalue weighted by Gasteiger charge is -2.24. The predicted octanol–water partition coefficient (Wildman–Crippen LogP) is 1.75. The van der Waals surface area contributed by atoms with E-state index in [1.807, 2.05) is 0 Å². The van der Waals surface area contributed by atoms with Gasteiger partial charge in [0.25, 0.3) is 11.5 Å². The molecule has 1 aromatic heterocycles. The maximum atomic E-state index is 15.0. The molecular weight excluding hydrogens is 538 g/mol. The van der Waals surface area contributed by atoms with E-state index in [4.69, 9.17) is 10.6 Å². The number of carbonyl (C=O) groups excluding carboxylic acids is 1. The second kappa shape index (κ2) is 10.0. The number of benzene rings is 2. The van der Waals surface area contributed by atoms with Gasteiger partial charge >= 0.3 is 11.9 Å². The zero-order chi connectivity index (χ0) is 28.6. The fourth-order valence-electron chi connectivity index (χ4n) is 3.34. The number of hydrogen-bond donors (Lipinski definition) is 1. The quantitative estimate of drug-likeness (QED) is 0.356. The molecule has 200 valence electrons. The van der Waals surface area contributed by atoms with Gasteiger partial charge in [0.15, 0.2) is 5.69 Å². The lowest BCUT2D eigenvalue weighted by molar-refractivity contribution is -0.143. The van der Waals surface area contributed by atoms with E-state index < -0.39 is 72.2 Å². The largest absolute Gasteiger partial charge is 0.497 e. The molecule has 0 spiro atoms. The SMILES string of the molecule is CCS(=O)(=O)N(C(=O)c1ccc(OC)cc1)c1cc(-n2c(=O)cc(C(F)(F)F)n(N)c2=O)c(F)cc1C#N. The van der Waals surface area contributed by atoms with E-state index in [0.29, 0.717) is 17.9 Å². The van der Waals surface area contributed by atoms with Gasteiger partial charge in [-0.3, -0.25) is 9.59 Å². The summed E-state index contributed by atoms with van der Waals surface area (Å²) in [4.78, 5) is 38.4. The number of nitrogens with zero attached hydrogens (tertiary/aromatic N) is 4. The molecule has 11 nitrogen and oxygen atoms in total. The van der Waals surface area contributed by atoms with Crippen LogP contribution >= 0.6 is 0 Å². The van der Waals surface area contributed by atoms with Gasteiger partial charge in [0.05, 0.1) is 29.8 Å². The number of nitrogens with two attached hydrogens (primary N) is 1. The van der Waals surface area contributed by atoms with E-state index in [2.05, 4.69) is 0 Å². The molecule has 0 saturated carbocycles. The van der Waals surface area contributed by atoms with Gasteiger partial charge in [-0.15, -0.1) is 0 Å². The summed E-state index contributed by atoms with van der Waals surface area (Å²) in [5, 5.41) is 9.55. The highest BCUT2D eigenvalue weighted by atomic mass is 32.2. The van der Waals surface area contributed by atoms with Crippen LogP contribution in [0.2, 0.25) is 0 Å². The van der Waals surface area contributed by atoms with E-state index in [1.165, 1.54) is 44.4 Å². The summed E-state index contributed by atoms with van der Waals surface area (Å²) in [6.07, 6.45) is -5.21. The number of sulfonamides is 1. The first-order valence-electron chi connectivity index (χ1n) is 10.3. The van der Waals surface area contributed by atoms with Crippen LogP contribution in [-0.4, -0.2) is 36.4 Å². The van der Waals surface area contributed by atoms with Crippen LogP contribution in [-0.2, 0) is 16.2 Å². The molecule has 2 N–H and O–H groups in total. The molecule has 2 aromatic carbocycles. The highest BCUT2D eigenvalue weighted by molar-refractivity contribution is 7.93. The van der Waals surface area contributed by atoms with E-state index in [0.717, 1.165) is 0 Å². The van der Waals surface area contributed by atoms with Crippen molar-refractivity contribution < 1.29 is 35.5 Å². The van der Waals surface area contributed by atoms with Gasteiger partial charge in [-0.2, -0.15) is 18.4 Å². The van der Waals surface area contributed by atoms with Crippen molar-refractivity contribution in [1.82, 2.24) is 9.24 Å². The molecule has 0 aliphatic rings. The van der Waals surface area contributed by atoms with Crippen LogP contribution in [0.4, 0.5) is 23.2 Å². The average molecular weight is 555 g/mol. The number of methoxy groups -OCH3 is 1. The summed E-state index contributed by atoms with van der Waals surface area (Å²) in [6.45, 7) is 1.17. The highest BCUT2D eigenvalue weighted by Crippen LogP contribution is 2.31. The Bertz CT molecular complexity index is 1690. The minimum absolute atomic E-state index is 0.0677. The Balaban J connectivity index is 2.36. The Kier molecular flexibility index (Phi) is 7.36. The topological polar surface area (TPSA) is 157 Å². The first kappa shape index (κ1) is 27.9. The van der Waals surface area contributed by atoms with Crippen LogP contribution in [0.15, 0.2) is 52.1 Å². The number of halogens is 4. The molecular formula is C22H17F4N5O6S. The van der Waals surface area contributed by atoms with E-state index in [-0.39, 0.29) is 20.5 Å². The van der Waals surface area contributed by atoms with Crippen molar-refractivity contribution in [2.45, 2.75) is 13.1 Å². The van der Waals surface area contributed by atoms with Gasteiger partial charge in [0.1, 0.15) is 17.6 Å². The van der Waals surface area contributed by atoms with E-state index >= 15 is 0 Å². The molecule has 16 heteroatoms. The number of nitriles is 1. The summed E-state index contributed by atoms with van der Waals surface area (Å²) in [7, 11) is -3.19. The summed E-state index contributed by atoms with van der Waals surface area (Å²) >= 11 is 0. The molecule has 1 amide bonds. The van der Waals surface area contributed by atoms with Gasteiger partial charge in [-0.05, 0) is 43.3 Å². The summed E-state index contributed by atoms with van der Waals surface area (Å²) in [6, 6.07) is 7.50. The van der Waals surface area contributed by atoms with Crippen molar-refractivity contribution in [3.05, 3.63) is 85.9 Å². The Labute approximate surface area is 211 Å². The standard InChI is InChI=1S/C22H17F4N5O6S/c1-3-38(35,36)31(20(33)12-4-6-14(37-2)7-5-12)16-9-17(15(23)8-13(16)11-27)29-19(32)10-18(22(24,25)26)30(28)21(29)34/h4-10H,3,28H2,1-2H3. The molecule has 0 unspecified atom stereocenters. The smallest absolute Gasteiger partial charge is 0.433 e. The molecule has 3 rings (SSSR count). The van der Waals surface area contributed by atoms with Crippen LogP contribution in [0.5, 0.6) is 5.75 Å². The molecule has 0 aliphatic heterocycles. The molecule has 0 fully saturated rings. The zero-order valence-electron chi connectivity index (χ0n) is 19.5. The zero-order valence-corrected chi connectivity index (χ0v) is 20.3.